The number of nitrogens with two attached hydrogens (primary N) is 1. The molecule has 0 amide bonds. The minimum Gasteiger partial charge on any atom is -0.320 e. The zero-order chi connectivity index (χ0) is 13.2. The summed E-state index contributed by atoms with van der Waals surface area (Å²) < 4.78 is 0. The highest BCUT2D eigenvalue weighted by molar-refractivity contribution is 5.25. The molecule has 1 aromatic carbocycles. The Balaban J connectivity index is 2.10. The maximum absolute atomic E-state index is 6.59. The van der Waals surface area contributed by atoms with Gasteiger partial charge in [-0.15, -0.1) is 0 Å². The first-order valence-corrected chi connectivity index (χ1v) is 6.79. The normalized spacial score (nSPS) is 23.6. The highest BCUT2D eigenvalue weighted by Gasteiger charge is 2.33. The zero-order valence-corrected chi connectivity index (χ0v) is 11.8. The standard InChI is InChI=1S/C15H25N3/c1-13(18-11-9-17(3)10-12-18)15(2,16)14-7-5-4-6-8-14/h4-8,13H,9-12,16H2,1-3H3. The van der Waals surface area contributed by atoms with Gasteiger partial charge < -0.3 is 10.6 Å². The first-order chi connectivity index (χ1) is 8.51. The second kappa shape index (κ2) is 5.39. The van der Waals surface area contributed by atoms with Crippen LogP contribution in [0.1, 0.15) is 19.4 Å². The maximum atomic E-state index is 6.59. The van der Waals surface area contributed by atoms with Crippen LogP contribution in [0.5, 0.6) is 0 Å². The fraction of sp³-hybridized carbons (Fsp3) is 0.600. The second-order valence-electron chi connectivity index (χ2n) is 5.66. The lowest BCUT2D eigenvalue weighted by molar-refractivity contribution is 0.0813. The predicted molar refractivity (Wildman–Crippen MR) is 76.5 cm³/mol. The number of nitrogens with zero attached hydrogens (tertiary/aromatic N) is 2. The molecular weight excluding hydrogens is 222 g/mol. The molecule has 0 radical (unpaired) electrons. The third-order valence-electron chi connectivity index (χ3n) is 4.35. The van der Waals surface area contributed by atoms with Gasteiger partial charge in [-0.3, -0.25) is 4.90 Å². The van der Waals surface area contributed by atoms with Gasteiger partial charge in [-0.05, 0) is 26.5 Å². The molecule has 1 heterocycles. The smallest absolute Gasteiger partial charge is 0.0536 e. The Morgan fingerprint density at radius 2 is 1.67 bits per heavy atom. The van der Waals surface area contributed by atoms with E-state index in [1.165, 1.54) is 5.56 Å². The van der Waals surface area contributed by atoms with Crippen LogP contribution in [-0.4, -0.2) is 49.1 Å². The van der Waals surface area contributed by atoms with Crippen molar-refractivity contribution in [1.82, 2.24) is 9.80 Å². The Morgan fingerprint density at radius 1 is 1.11 bits per heavy atom. The van der Waals surface area contributed by atoms with E-state index in [0.717, 1.165) is 26.2 Å². The Kier molecular flexibility index (Phi) is 4.05. The van der Waals surface area contributed by atoms with E-state index < -0.39 is 0 Å². The molecule has 0 bridgehead atoms. The van der Waals surface area contributed by atoms with Gasteiger partial charge in [0.05, 0.1) is 5.54 Å². The molecule has 100 valence electrons. The van der Waals surface area contributed by atoms with Gasteiger partial charge in [0.15, 0.2) is 0 Å². The summed E-state index contributed by atoms with van der Waals surface area (Å²) in [6.07, 6.45) is 0. The van der Waals surface area contributed by atoms with Crippen LogP contribution in [0.2, 0.25) is 0 Å². The van der Waals surface area contributed by atoms with E-state index in [0.29, 0.717) is 6.04 Å². The largest absolute Gasteiger partial charge is 0.320 e. The fourth-order valence-electron chi connectivity index (χ4n) is 2.63. The zero-order valence-electron chi connectivity index (χ0n) is 11.8. The molecule has 3 nitrogen and oxygen atoms in total. The molecule has 1 fully saturated rings. The third-order valence-corrected chi connectivity index (χ3v) is 4.35. The van der Waals surface area contributed by atoms with Crippen molar-refractivity contribution < 1.29 is 0 Å². The Labute approximate surface area is 111 Å². The van der Waals surface area contributed by atoms with E-state index in [2.05, 4.69) is 55.0 Å². The summed E-state index contributed by atoms with van der Waals surface area (Å²) in [7, 11) is 2.18. The Hall–Kier alpha value is -0.900. The van der Waals surface area contributed by atoms with Crippen LogP contribution in [0.4, 0.5) is 0 Å². The van der Waals surface area contributed by atoms with Gasteiger partial charge in [-0.25, -0.2) is 0 Å². The van der Waals surface area contributed by atoms with Gasteiger partial charge in [0.25, 0.3) is 0 Å². The molecule has 1 aliphatic rings. The Bertz CT molecular complexity index is 367. The summed E-state index contributed by atoms with van der Waals surface area (Å²) >= 11 is 0. The van der Waals surface area contributed by atoms with Crippen molar-refractivity contribution in [2.45, 2.75) is 25.4 Å². The number of rotatable bonds is 3. The summed E-state index contributed by atoms with van der Waals surface area (Å²) in [4.78, 5) is 4.88. The van der Waals surface area contributed by atoms with Crippen LogP contribution < -0.4 is 5.73 Å². The lowest BCUT2D eigenvalue weighted by Gasteiger charge is -2.43. The summed E-state index contributed by atoms with van der Waals surface area (Å²) in [6, 6.07) is 10.8. The topological polar surface area (TPSA) is 32.5 Å². The van der Waals surface area contributed by atoms with Crippen LogP contribution in [0.15, 0.2) is 30.3 Å². The molecule has 0 spiro atoms. The average Bonchev–Trinajstić information content (AvgIpc) is 2.40. The van der Waals surface area contributed by atoms with Crippen LogP contribution in [-0.2, 0) is 5.54 Å². The van der Waals surface area contributed by atoms with Gasteiger partial charge in [0, 0.05) is 32.2 Å². The minimum absolute atomic E-state index is 0.294. The van der Waals surface area contributed by atoms with E-state index in [1.807, 2.05) is 6.07 Å². The van der Waals surface area contributed by atoms with Crippen LogP contribution >= 0.6 is 0 Å². The van der Waals surface area contributed by atoms with E-state index in [9.17, 15) is 0 Å². The molecule has 2 N–H and O–H groups in total. The van der Waals surface area contributed by atoms with Crippen LogP contribution in [0.25, 0.3) is 0 Å². The van der Waals surface area contributed by atoms with Crippen molar-refractivity contribution in [3.8, 4) is 0 Å². The molecule has 1 aromatic rings. The first-order valence-electron chi connectivity index (χ1n) is 6.79. The van der Waals surface area contributed by atoms with Crippen molar-refractivity contribution in [2.24, 2.45) is 5.73 Å². The number of piperazine rings is 1. The van der Waals surface area contributed by atoms with Crippen LogP contribution in [0, 0.1) is 0 Å². The van der Waals surface area contributed by atoms with E-state index in [-0.39, 0.29) is 5.54 Å². The molecule has 0 aromatic heterocycles. The number of likely N-dealkylation sites (N-methyl/N-ethyl adjacent to an activating group) is 1. The Morgan fingerprint density at radius 3 is 2.22 bits per heavy atom. The molecule has 1 aliphatic heterocycles. The summed E-state index contributed by atoms with van der Waals surface area (Å²) in [6.45, 7) is 8.88. The predicted octanol–water partition coefficient (Wildman–Crippen LogP) is 1.50. The summed E-state index contributed by atoms with van der Waals surface area (Å²) in [5.74, 6) is 0. The van der Waals surface area contributed by atoms with Crippen molar-refractivity contribution in [2.75, 3.05) is 33.2 Å². The van der Waals surface area contributed by atoms with Gasteiger partial charge in [0.2, 0.25) is 0 Å². The molecule has 2 unspecified atom stereocenters. The average molecular weight is 247 g/mol. The van der Waals surface area contributed by atoms with Crippen LogP contribution in [0.3, 0.4) is 0 Å². The minimum atomic E-state index is -0.294. The molecule has 0 aliphatic carbocycles. The summed E-state index contributed by atoms with van der Waals surface area (Å²) in [5, 5.41) is 0. The quantitative estimate of drug-likeness (QED) is 0.878. The van der Waals surface area contributed by atoms with E-state index >= 15 is 0 Å². The fourth-order valence-corrected chi connectivity index (χ4v) is 2.63. The number of hydrogen-bond acceptors (Lipinski definition) is 3. The highest BCUT2D eigenvalue weighted by Crippen LogP contribution is 2.25. The highest BCUT2D eigenvalue weighted by atomic mass is 15.3. The molecule has 18 heavy (non-hydrogen) atoms. The molecule has 1 saturated heterocycles. The van der Waals surface area contributed by atoms with Gasteiger partial charge in [0.1, 0.15) is 0 Å². The molecule has 2 atom stereocenters. The number of hydrogen-bond donors (Lipinski definition) is 1. The monoisotopic (exact) mass is 247 g/mol. The molecule has 0 saturated carbocycles. The van der Waals surface area contributed by atoms with Crippen molar-refractivity contribution >= 4 is 0 Å². The maximum Gasteiger partial charge on any atom is 0.0536 e. The van der Waals surface area contributed by atoms with Gasteiger partial charge in [-0.1, -0.05) is 30.3 Å². The molecular formula is C15H25N3. The van der Waals surface area contributed by atoms with E-state index in [4.69, 9.17) is 5.73 Å². The summed E-state index contributed by atoms with van der Waals surface area (Å²) in [5.41, 5.74) is 7.52. The lowest BCUT2D eigenvalue weighted by Crippen LogP contribution is -2.57. The van der Waals surface area contributed by atoms with E-state index in [1.54, 1.807) is 0 Å². The van der Waals surface area contributed by atoms with Gasteiger partial charge >= 0.3 is 0 Å². The second-order valence-corrected chi connectivity index (χ2v) is 5.66. The van der Waals surface area contributed by atoms with Gasteiger partial charge in [-0.2, -0.15) is 0 Å². The molecule has 3 heteroatoms. The molecule has 2 rings (SSSR count). The third kappa shape index (κ3) is 2.74. The van der Waals surface area contributed by atoms with Crippen molar-refractivity contribution in [3.63, 3.8) is 0 Å². The SMILES string of the molecule is CC(N1CCN(C)CC1)C(C)(N)c1ccccc1. The first kappa shape index (κ1) is 13.5. The number of benzene rings is 1. The van der Waals surface area contributed by atoms with Crippen molar-refractivity contribution in [1.29, 1.82) is 0 Å². The van der Waals surface area contributed by atoms with Crippen molar-refractivity contribution in [3.05, 3.63) is 35.9 Å². The lowest BCUT2D eigenvalue weighted by atomic mass is 9.85.